The summed E-state index contributed by atoms with van der Waals surface area (Å²) < 4.78 is 32.7. The summed E-state index contributed by atoms with van der Waals surface area (Å²) in [4.78, 5) is 1.71. The molecule has 7 heteroatoms. The number of nitrogens with zero attached hydrogens (tertiary/aromatic N) is 2. The fourth-order valence-corrected chi connectivity index (χ4v) is 2.89. The van der Waals surface area contributed by atoms with E-state index in [4.69, 9.17) is 10.5 Å². The number of guanidine groups is 1. The van der Waals surface area contributed by atoms with Crippen molar-refractivity contribution in [3.05, 3.63) is 35.9 Å². The van der Waals surface area contributed by atoms with Gasteiger partial charge in [0.15, 0.2) is 0 Å². The van der Waals surface area contributed by atoms with Crippen molar-refractivity contribution < 1.29 is 13.2 Å². The molecule has 1 heterocycles. The number of nitrogens with two attached hydrogens (primary N) is 1. The second-order valence-electron chi connectivity index (χ2n) is 4.26. The van der Waals surface area contributed by atoms with Crippen LogP contribution in [0.4, 0.5) is 0 Å². The van der Waals surface area contributed by atoms with Crippen LogP contribution in [0.2, 0.25) is 0 Å². The van der Waals surface area contributed by atoms with Crippen molar-refractivity contribution in [1.29, 1.82) is 0 Å². The zero-order valence-corrected chi connectivity index (χ0v) is 11.3. The van der Waals surface area contributed by atoms with E-state index in [2.05, 4.69) is 4.40 Å². The standard InChI is InChI=1S/C12H17N3O3S/c13-12(15-6-8-18-9-7-15)14-19(16,17)10-11-4-2-1-3-5-11/h1-5H,6-10H2,(H2,13,14). The van der Waals surface area contributed by atoms with Gasteiger partial charge in [-0.2, -0.15) is 0 Å². The molecule has 6 nitrogen and oxygen atoms in total. The molecule has 1 aromatic rings. The lowest BCUT2D eigenvalue weighted by molar-refractivity contribution is 0.0676. The summed E-state index contributed by atoms with van der Waals surface area (Å²) in [5.41, 5.74) is 6.42. The van der Waals surface area contributed by atoms with E-state index in [0.717, 1.165) is 0 Å². The zero-order valence-electron chi connectivity index (χ0n) is 10.5. The Morgan fingerprint density at radius 3 is 2.53 bits per heavy atom. The number of rotatable bonds is 3. The van der Waals surface area contributed by atoms with Crippen molar-refractivity contribution >= 4 is 16.0 Å². The smallest absolute Gasteiger partial charge is 0.260 e. The average molecular weight is 283 g/mol. The Morgan fingerprint density at radius 2 is 1.89 bits per heavy atom. The summed E-state index contributed by atoms with van der Waals surface area (Å²) >= 11 is 0. The lowest BCUT2D eigenvalue weighted by Gasteiger charge is -2.27. The van der Waals surface area contributed by atoms with Gasteiger partial charge < -0.3 is 15.4 Å². The Balaban J connectivity index is 2.07. The van der Waals surface area contributed by atoms with E-state index in [0.29, 0.717) is 31.9 Å². The second-order valence-corrected chi connectivity index (χ2v) is 5.90. The lowest BCUT2D eigenvalue weighted by Crippen LogP contribution is -2.45. The molecule has 0 aliphatic carbocycles. The first kappa shape index (κ1) is 13.8. The molecule has 1 fully saturated rings. The minimum atomic E-state index is -3.60. The number of ether oxygens (including phenoxy) is 1. The second kappa shape index (κ2) is 6.03. The average Bonchev–Trinajstić information content (AvgIpc) is 2.39. The molecule has 2 N–H and O–H groups in total. The Morgan fingerprint density at radius 1 is 1.26 bits per heavy atom. The quantitative estimate of drug-likeness (QED) is 0.631. The van der Waals surface area contributed by atoms with Crippen LogP contribution in [0.25, 0.3) is 0 Å². The van der Waals surface area contributed by atoms with E-state index in [1.54, 1.807) is 29.2 Å². The third kappa shape index (κ3) is 4.22. The van der Waals surface area contributed by atoms with Crippen molar-refractivity contribution in [2.24, 2.45) is 10.1 Å². The van der Waals surface area contributed by atoms with E-state index in [9.17, 15) is 8.42 Å². The highest BCUT2D eigenvalue weighted by Crippen LogP contribution is 2.08. The van der Waals surface area contributed by atoms with Gasteiger partial charge in [0.05, 0.1) is 19.0 Å². The van der Waals surface area contributed by atoms with Crippen molar-refractivity contribution in [1.82, 2.24) is 4.90 Å². The van der Waals surface area contributed by atoms with E-state index in [1.165, 1.54) is 0 Å². The van der Waals surface area contributed by atoms with Crippen LogP contribution in [-0.2, 0) is 20.5 Å². The van der Waals surface area contributed by atoms with Gasteiger partial charge in [0.25, 0.3) is 10.0 Å². The Kier molecular flexibility index (Phi) is 4.39. The number of sulfonamides is 1. The summed E-state index contributed by atoms with van der Waals surface area (Å²) in [5.74, 6) is -0.0990. The van der Waals surface area contributed by atoms with Crippen molar-refractivity contribution in [2.45, 2.75) is 5.75 Å². The maximum Gasteiger partial charge on any atom is 0.260 e. The van der Waals surface area contributed by atoms with Crippen LogP contribution in [0.15, 0.2) is 34.7 Å². The largest absolute Gasteiger partial charge is 0.378 e. The molecule has 1 aromatic carbocycles. The number of hydrogen-bond acceptors (Lipinski definition) is 3. The fourth-order valence-electron chi connectivity index (χ4n) is 1.81. The van der Waals surface area contributed by atoms with Gasteiger partial charge in [-0.25, -0.2) is 8.42 Å². The molecule has 0 spiro atoms. The molecule has 0 radical (unpaired) electrons. The molecule has 0 unspecified atom stereocenters. The molecule has 2 rings (SSSR count). The van der Waals surface area contributed by atoms with E-state index in [1.807, 2.05) is 6.07 Å². The van der Waals surface area contributed by atoms with Crippen LogP contribution in [0, 0.1) is 0 Å². The van der Waals surface area contributed by atoms with Gasteiger partial charge in [0, 0.05) is 13.1 Å². The molecular weight excluding hydrogens is 266 g/mol. The maximum absolute atomic E-state index is 11.9. The van der Waals surface area contributed by atoms with Crippen molar-refractivity contribution in [3.8, 4) is 0 Å². The number of hydrogen-bond donors (Lipinski definition) is 1. The fraction of sp³-hybridized carbons (Fsp3) is 0.417. The van der Waals surface area contributed by atoms with Gasteiger partial charge in [-0.05, 0) is 5.56 Å². The first-order valence-electron chi connectivity index (χ1n) is 6.01. The normalized spacial score (nSPS) is 17.5. The topological polar surface area (TPSA) is 85.0 Å². The highest BCUT2D eigenvalue weighted by atomic mass is 32.2. The molecule has 104 valence electrons. The predicted octanol–water partition coefficient (Wildman–Crippen LogP) is 0.163. The van der Waals surface area contributed by atoms with Gasteiger partial charge in [-0.1, -0.05) is 30.3 Å². The van der Waals surface area contributed by atoms with E-state index < -0.39 is 10.0 Å². The highest BCUT2D eigenvalue weighted by Gasteiger charge is 2.16. The van der Waals surface area contributed by atoms with Crippen molar-refractivity contribution in [2.75, 3.05) is 26.3 Å². The SMILES string of the molecule is N/C(=N\S(=O)(=O)Cc1ccccc1)N1CCOCC1. The first-order valence-corrected chi connectivity index (χ1v) is 7.62. The van der Waals surface area contributed by atoms with Crippen LogP contribution in [0.5, 0.6) is 0 Å². The number of morpholine rings is 1. The van der Waals surface area contributed by atoms with Crippen LogP contribution in [0.1, 0.15) is 5.56 Å². The van der Waals surface area contributed by atoms with Gasteiger partial charge in [-0.15, -0.1) is 4.40 Å². The molecule has 0 amide bonds. The maximum atomic E-state index is 11.9. The third-order valence-electron chi connectivity index (χ3n) is 2.76. The van der Waals surface area contributed by atoms with Gasteiger partial charge in [0.2, 0.25) is 5.96 Å². The monoisotopic (exact) mass is 283 g/mol. The summed E-state index contributed by atoms with van der Waals surface area (Å²) in [6, 6.07) is 8.91. The van der Waals surface area contributed by atoms with Gasteiger partial charge >= 0.3 is 0 Å². The summed E-state index contributed by atoms with van der Waals surface area (Å²) in [5, 5.41) is 0. The molecule has 1 aliphatic heterocycles. The minimum absolute atomic E-state index is 0.0410. The van der Waals surface area contributed by atoms with Crippen LogP contribution >= 0.6 is 0 Å². The van der Waals surface area contributed by atoms with Gasteiger partial charge in [0.1, 0.15) is 0 Å². The number of benzene rings is 1. The third-order valence-corrected chi connectivity index (χ3v) is 3.92. The molecule has 1 aliphatic rings. The molecule has 0 aromatic heterocycles. The molecular formula is C12H17N3O3S. The lowest BCUT2D eigenvalue weighted by atomic mass is 10.2. The summed E-state index contributed by atoms with van der Waals surface area (Å²) in [7, 11) is -3.60. The molecule has 0 saturated carbocycles. The molecule has 0 atom stereocenters. The van der Waals surface area contributed by atoms with Crippen LogP contribution in [0.3, 0.4) is 0 Å². The van der Waals surface area contributed by atoms with E-state index >= 15 is 0 Å². The van der Waals surface area contributed by atoms with Crippen LogP contribution in [-0.4, -0.2) is 45.6 Å². The van der Waals surface area contributed by atoms with Gasteiger partial charge in [-0.3, -0.25) is 0 Å². The van der Waals surface area contributed by atoms with Crippen molar-refractivity contribution in [3.63, 3.8) is 0 Å². The summed E-state index contributed by atoms with van der Waals surface area (Å²) in [6.45, 7) is 2.20. The van der Waals surface area contributed by atoms with Crippen LogP contribution < -0.4 is 5.73 Å². The molecule has 0 bridgehead atoms. The minimum Gasteiger partial charge on any atom is -0.378 e. The molecule has 1 saturated heterocycles. The molecule has 19 heavy (non-hydrogen) atoms. The highest BCUT2D eigenvalue weighted by molar-refractivity contribution is 7.89. The van der Waals surface area contributed by atoms with E-state index in [-0.39, 0.29) is 11.7 Å². The Hall–Kier alpha value is -1.60. The summed E-state index contributed by atoms with van der Waals surface area (Å²) in [6.07, 6.45) is 0. The Labute approximate surface area is 112 Å². The zero-order chi connectivity index (χ0) is 13.7. The first-order chi connectivity index (χ1) is 9.07. The Bertz CT molecular complexity index is 537. The predicted molar refractivity (Wildman–Crippen MR) is 73.1 cm³/mol.